The number of anilines is 1. The second-order valence-electron chi connectivity index (χ2n) is 7.38. The second kappa shape index (κ2) is 7.77. The quantitative estimate of drug-likeness (QED) is 0.597. The van der Waals surface area contributed by atoms with Crippen molar-refractivity contribution in [2.24, 2.45) is 0 Å². The van der Waals surface area contributed by atoms with Crippen LogP contribution in [0, 0.1) is 10.1 Å². The minimum absolute atomic E-state index is 0.0693. The van der Waals surface area contributed by atoms with Crippen LogP contribution in [0.15, 0.2) is 42.5 Å². The lowest BCUT2D eigenvalue weighted by molar-refractivity contribution is -0.384. The zero-order chi connectivity index (χ0) is 21.5. The highest BCUT2D eigenvalue weighted by Crippen LogP contribution is 2.48. The first-order valence-corrected chi connectivity index (χ1v) is 9.54. The van der Waals surface area contributed by atoms with Crippen molar-refractivity contribution in [2.45, 2.75) is 24.7 Å². The Balaban J connectivity index is 1.82. The van der Waals surface area contributed by atoms with Crippen LogP contribution >= 0.6 is 0 Å². The Morgan fingerprint density at radius 1 is 1.10 bits per heavy atom. The Morgan fingerprint density at radius 3 is 2.50 bits per heavy atom. The van der Waals surface area contributed by atoms with Crippen molar-refractivity contribution in [3.63, 3.8) is 0 Å². The summed E-state index contributed by atoms with van der Waals surface area (Å²) in [4.78, 5) is 14.2. The van der Waals surface area contributed by atoms with Gasteiger partial charge >= 0.3 is 6.18 Å². The van der Waals surface area contributed by atoms with Gasteiger partial charge in [-0.3, -0.25) is 15.0 Å². The molecule has 2 aromatic rings. The van der Waals surface area contributed by atoms with E-state index in [1.165, 1.54) is 17.0 Å². The Labute approximate surface area is 170 Å². The number of ether oxygens (including phenoxy) is 1. The molecule has 160 valence electrons. The molecule has 2 aromatic carbocycles. The van der Waals surface area contributed by atoms with Gasteiger partial charge < -0.3 is 14.7 Å². The number of piperazine rings is 1. The maximum absolute atomic E-state index is 14.2. The van der Waals surface area contributed by atoms with E-state index in [2.05, 4.69) is 0 Å². The summed E-state index contributed by atoms with van der Waals surface area (Å²) in [7, 11) is 0. The molecule has 1 unspecified atom stereocenters. The molecule has 7 nitrogen and oxygen atoms in total. The molecule has 0 spiro atoms. The molecule has 2 aliphatic heterocycles. The van der Waals surface area contributed by atoms with Crippen molar-refractivity contribution in [2.75, 3.05) is 31.1 Å². The average molecular weight is 423 g/mol. The van der Waals surface area contributed by atoms with Gasteiger partial charge in [0.1, 0.15) is 22.7 Å². The molecule has 0 aromatic heterocycles. The largest absolute Gasteiger partial charge is 0.457 e. The van der Waals surface area contributed by atoms with E-state index in [9.17, 15) is 28.4 Å². The van der Waals surface area contributed by atoms with Gasteiger partial charge in [-0.1, -0.05) is 18.2 Å². The SMILES string of the molecule is O=[N+]([O-])c1ccc(Oc2ccccc2)c(C(F)(F)F)c1N1CCN2CC[C@H](O)C2C1. The number of nitrogens with zero attached hydrogens (tertiary/aromatic N) is 3. The first-order valence-electron chi connectivity index (χ1n) is 9.54. The van der Waals surface area contributed by atoms with Gasteiger partial charge in [-0.25, -0.2) is 0 Å². The number of para-hydroxylation sites is 1. The van der Waals surface area contributed by atoms with Crippen LogP contribution in [0.2, 0.25) is 0 Å². The van der Waals surface area contributed by atoms with Crippen molar-refractivity contribution in [3.8, 4) is 11.5 Å². The number of aliphatic hydroxyl groups excluding tert-OH is 1. The van der Waals surface area contributed by atoms with Crippen LogP contribution in [-0.4, -0.2) is 53.3 Å². The summed E-state index contributed by atoms with van der Waals surface area (Å²) in [6.07, 6.45) is -5.02. The van der Waals surface area contributed by atoms with E-state index in [0.29, 0.717) is 19.5 Å². The highest BCUT2D eigenvalue weighted by atomic mass is 19.4. The third-order valence-electron chi connectivity index (χ3n) is 5.58. The van der Waals surface area contributed by atoms with E-state index in [1.54, 1.807) is 18.2 Å². The second-order valence-corrected chi connectivity index (χ2v) is 7.38. The molecule has 10 heteroatoms. The average Bonchev–Trinajstić information content (AvgIpc) is 3.07. The van der Waals surface area contributed by atoms with Crippen molar-refractivity contribution >= 4 is 11.4 Å². The highest BCUT2D eigenvalue weighted by molar-refractivity contribution is 5.73. The Hall–Kier alpha value is -2.85. The molecule has 2 fully saturated rings. The smallest absolute Gasteiger partial charge is 0.422 e. The zero-order valence-electron chi connectivity index (χ0n) is 15.9. The van der Waals surface area contributed by atoms with Crippen molar-refractivity contribution in [3.05, 3.63) is 58.1 Å². The summed E-state index contributed by atoms with van der Waals surface area (Å²) in [5.41, 5.74) is -2.33. The number of rotatable bonds is 4. The Kier molecular flexibility index (Phi) is 5.29. The number of halogens is 3. The van der Waals surface area contributed by atoms with Gasteiger partial charge in [-0.05, 0) is 24.6 Å². The summed E-state index contributed by atoms with van der Waals surface area (Å²) < 4.78 is 48.0. The van der Waals surface area contributed by atoms with Crippen molar-refractivity contribution in [1.82, 2.24) is 4.90 Å². The number of nitro benzene ring substituents is 1. The molecule has 0 radical (unpaired) electrons. The van der Waals surface area contributed by atoms with Crippen LogP contribution in [0.5, 0.6) is 11.5 Å². The molecular formula is C20H20F3N3O4. The molecule has 2 aliphatic rings. The van der Waals surface area contributed by atoms with Crippen LogP contribution in [0.4, 0.5) is 24.5 Å². The van der Waals surface area contributed by atoms with Gasteiger partial charge in [0.15, 0.2) is 0 Å². The fourth-order valence-electron chi connectivity index (χ4n) is 4.19. The summed E-state index contributed by atoms with van der Waals surface area (Å²) in [6, 6.07) is 9.62. The molecule has 0 bridgehead atoms. The summed E-state index contributed by atoms with van der Waals surface area (Å²) in [5, 5.41) is 21.8. The lowest BCUT2D eigenvalue weighted by Gasteiger charge is -2.40. The molecular weight excluding hydrogens is 403 g/mol. The highest BCUT2D eigenvalue weighted by Gasteiger charge is 2.45. The lowest BCUT2D eigenvalue weighted by Crippen LogP contribution is -2.53. The molecule has 30 heavy (non-hydrogen) atoms. The van der Waals surface area contributed by atoms with Gasteiger partial charge in [0.2, 0.25) is 0 Å². The summed E-state index contributed by atoms with van der Waals surface area (Å²) in [6.45, 7) is 1.33. The third-order valence-corrected chi connectivity index (χ3v) is 5.58. The first-order chi connectivity index (χ1) is 14.3. The normalized spacial score (nSPS) is 22.1. The molecule has 2 saturated heterocycles. The minimum Gasteiger partial charge on any atom is -0.457 e. The number of fused-ring (bicyclic) bond motifs is 1. The number of alkyl halides is 3. The van der Waals surface area contributed by atoms with Crippen LogP contribution < -0.4 is 9.64 Å². The summed E-state index contributed by atoms with van der Waals surface area (Å²) in [5.74, 6) is -0.303. The predicted molar refractivity (Wildman–Crippen MR) is 103 cm³/mol. The predicted octanol–water partition coefficient (Wildman–Crippen LogP) is 3.66. The maximum atomic E-state index is 14.2. The van der Waals surface area contributed by atoms with Gasteiger partial charge in [-0.15, -0.1) is 0 Å². The van der Waals surface area contributed by atoms with E-state index in [4.69, 9.17) is 4.74 Å². The molecule has 4 rings (SSSR count). The van der Waals surface area contributed by atoms with Crippen LogP contribution in [0.1, 0.15) is 12.0 Å². The lowest BCUT2D eigenvalue weighted by atomic mass is 10.0. The van der Waals surface area contributed by atoms with E-state index >= 15 is 0 Å². The van der Waals surface area contributed by atoms with E-state index in [0.717, 1.165) is 12.1 Å². The zero-order valence-corrected chi connectivity index (χ0v) is 15.9. The third kappa shape index (κ3) is 3.80. The molecule has 2 heterocycles. The molecule has 0 aliphatic carbocycles. The van der Waals surface area contributed by atoms with Gasteiger partial charge in [0.05, 0.1) is 17.1 Å². The number of hydrogen-bond donors (Lipinski definition) is 1. The fraction of sp³-hybridized carbons (Fsp3) is 0.400. The first kappa shape index (κ1) is 20.4. The topological polar surface area (TPSA) is 79.1 Å². The maximum Gasteiger partial charge on any atom is 0.422 e. The van der Waals surface area contributed by atoms with E-state index in [-0.39, 0.29) is 24.9 Å². The number of aliphatic hydroxyl groups is 1. The molecule has 0 saturated carbocycles. The molecule has 1 N–H and O–H groups in total. The van der Waals surface area contributed by atoms with Crippen LogP contribution in [0.3, 0.4) is 0 Å². The van der Waals surface area contributed by atoms with Gasteiger partial charge in [0, 0.05) is 32.2 Å². The monoisotopic (exact) mass is 423 g/mol. The Morgan fingerprint density at radius 2 is 1.83 bits per heavy atom. The van der Waals surface area contributed by atoms with Crippen molar-refractivity contribution in [1.29, 1.82) is 0 Å². The van der Waals surface area contributed by atoms with E-state index < -0.39 is 39.9 Å². The van der Waals surface area contributed by atoms with E-state index in [1.807, 2.05) is 4.90 Å². The number of benzene rings is 2. The van der Waals surface area contributed by atoms with Crippen molar-refractivity contribution < 1.29 is 27.9 Å². The molecule has 0 amide bonds. The Bertz CT molecular complexity index is 939. The van der Waals surface area contributed by atoms with Gasteiger partial charge in [0.25, 0.3) is 5.69 Å². The fourth-order valence-corrected chi connectivity index (χ4v) is 4.19. The van der Waals surface area contributed by atoms with Crippen LogP contribution in [-0.2, 0) is 6.18 Å². The number of hydrogen-bond acceptors (Lipinski definition) is 6. The minimum atomic E-state index is -4.88. The van der Waals surface area contributed by atoms with Crippen LogP contribution in [0.25, 0.3) is 0 Å². The van der Waals surface area contributed by atoms with Gasteiger partial charge in [-0.2, -0.15) is 13.2 Å². The standard InChI is InChI=1S/C20H20F3N3O4/c21-20(22,23)18-17(30-13-4-2-1-3-5-13)7-6-14(26(28)29)19(18)25-11-10-24-9-8-16(27)15(24)12-25/h1-7,15-16,27H,8-12H2/t15?,16-/m0/s1. The number of nitro groups is 1. The summed E-state index contributed by atoms with van der Waals surface area (Å²) >= 11 is 0. The molecule has 2 atom stereocenters.